The van der Waals surface area contributed by atoms with Gasteiger partial charge in [-0.1, -0.05) is 13.3 Å². The largest absolute Gasteiger partial charge is 0.354 e. The van der Waals surface area contributed by atoms with E-state index in [9.17, 15) is 4.79 Å². The van der Waals surface area contributed by atoms with Crippen LogP contribution >= 0.6 is 0 Å². The summed E-state index contributed by atoms with van der Waals surface area (Å²) in [7, 11) is 0. The van der Waals surface area contributed by atoms with Crippen molar-refractivity contribution >= 4 is 5.78 Å². The van der Waals surface area contributed by atoms with E-state index < -0.39 is 0 Å². The molecule has 3 aliphatic rings. The van der Waals surface area contributed by atoms with Crippen LogP contribution in [0.4, 0.5) is 0 Å². The molecule has 0 aromatic carbocycles. The third kappa shape index (κ3) is 0.762. The monoisotopic (exact) mass is 180 g/mol. The van der Waals surface area contributed by atoms with Gasteiger partial charge in [0.15, 0.2) is 11.4 Å². The molecule has 2 heteroatoms. The highest BCUT2D eigenvalue weighted by Gasteiger charge is 2.75. The van der Waals surface area contributed by atoms with E-state index in [1.807, 2.05) is 0 Å². The molecule has 0 aromatic heterocycles. The Morgan fingerprint density at radius 1 is 1.31 bits per heavy atom. The first kappa shape index (κ1) is 7.98. The Labute approximate surface area is 78.6 Å². The first-order chi connectivity index (χ1) is 6.20. The Morgan fingerprint density at radius 2 is 2.08 bits per heavy atom. The Balaban J connectivity index is 1.96. The highest BCUT2D eigenvalue weighted by atomic mass is 16.6. The molecule has 0 amide bonds. The number of ketones is 1. The summed E-state index contributed by atoms with van der Waals surface area (Å²) in [4.78, 5) is 12.0. The third-order valence-electron chi connectivity index (χ3n) is 4.25. The number of carbonyl (C=O) groups is 1. The van der Waals surface area contributed by atoms with E-state index >= 15 is 0 Å². The van der Waals surface area contributed by atoms with Crippen molar-refractivity contribution in [3.63, 3.8) is 0 Å². The number of hydrogen-bond donors (Lipinski definition) is 0. The van der Waals surface area contributed by atoms with Crippen LogP contribution in [0.2, 0.25) is 0 Å². The van der Waals surface area contributed by atoms with Crippen molar-refractivity contribution in [1.82, 2.24) is 0 Å². The van der Waals surface area contributed by atoms with Crippen LogP contribution in [0.15, 0.2) is 0 Å². The molecule has 3 atom stereocenters. The zero-order valence-electron chi connectivity index (χ0n) is 8.14. The van der Waals surface area contributed by atoms with Crippen molar-refractivity contribution < 1.29 is 9.53 Å². The molecule has 1 saturated heterocycles. The Hall–Kier alpha value is -0.370. The van der Waals surface area contributed by atoms with Gasteiger partial charge in [0.05, 0.1) is 0 Å². The van der Waals surface area contributed by atoms with Crippen LogP contribution in [0.1, 0.15) is 45.4 Å². The van der Waals surface area contributed by atoms with Gasteiger partial charge in [-0.05, 0) is 32.1 Å². The smallest absolute Gasteiger partial charge is 0.170 e. The van der Waals surface area contributed by atoms with Crippen LogP contribution < -0.4 is 0 Å². The summed E-state index contributed by atoms with van der Waals surface area (Å²) in [5, 5.41) is 0. The van der Waals surface area contributed by atoms with Crippen molar-refractivity contribution in [3.8, 4) is 0 Å². The first-order valence-corrected chi connectivity index (χ1v) is 5.45. The van der Waals surface area contributed by atoms with Crippen LogP contribution in [0.25, 0.3) is 0 Å². The van der Waals surface area contributed by atoms with E-state index in [1.165, 1.54) is 12.8 Å². The summed E-state index contributed by atoms with van der Waals surface area (Å²) in [6, 6.07) is 0. The fraction of sp³-hybridized carbons (Fsp3) is 0.909. The van der Waals surface area contributed by atoms with Gasteiger partial charge in [0.1, 0.15) is 5.60 Å². The van der Waals surface area contributed by atoms with E-state index in [1.54, 1.807) is 0 Å². The molecule has 72 valence electrons. The molecule has 13 heavy (non-hydrogen) atoms. The summed E-state index contributed by atoms with van der Waals surface area (Å²) in [5.74, 6) is 0.646. The molecule has 0 radical (unpaired) electrons. The molecule has 0 unspecified atom stereocenters. The highest BCUT2D eigenvalue weighted by Crippen LogP contribution is 2.63. The van der Waals surface area contributed by atoms with Gasteiger partial charge in [-0.15, -0.1) is 0 Å². The van der Waals surface area contributed by atoms with Gasteiger partial charge >= 0.3 is 0 Å². The average molecular weight is 180 g/mol. The summed E-state index contributed by atoms with van der Waals surface area (Å²) < 4.78 is 5.85. The van der Waals surface area contributed by atoms with E-state index in [2.05, 4.69) is 6.92 Å². The zero-order chi connectivity index (χ0) is 9.10. The standard InChI is InChI=1S/C11H16O2/c1-8-4-7-10-5-2-3-6-11(10,13-10)9(8)12/h8H,2-7H2,1H3/t8-,10+,11-/m0/s1. The van der Waals surface area contributed by atoms with Crippen molar-refractivity contribution in [2.75, 3.05) is 0 Å². The zero-order valence-corrected chi connectivity index (χ0v) is 8.14. The van der Waals surface area contributed by atoms with Gasteiger partial charge in [-0.3, -0.25) is 4.79 Å². The summed E-state index contributed by atoms with van der Waals surface area (Å²) >= 11 is 0. The molecule has 1 heterocycles. The van der Waals surface area contributed by atoms with E-state index in [-0.39, 0.29) is 17.1 Å². The molecule has 0 N–H and O–H groups in total. The molecular weight excluding hydrogens is 164 g/mol. The predicted octanol–water partition coefficient (Wildman–Crippen LogP) is 2.07. The summed E-state index contributed by atoms with van der Waals surface area (Å²) in [6.07, 6.45) is 6.73. The fourth-order valence-electron chi connectivity index (χ4n) is 3.38. The number of Topliss-reactive ketones (excluding diaryl/α,β-unsaturated/α-hetero) is 1. The minimum absolute atomic E-state index is 0.0227. The van der Waals surface area contributed by atoms with E-state index in [0.717, 1.165) is 25.7 Å². The maximum Gasteiger partial charge on any atom is 0.170 e. The number of ether oxygens (including phenoxy) is 1. The van der Waals surface area contributed by atoms with Gasteiger partial charge in [0, 0.05) is 5.92 Å². The Bertz CT molecular complexity index is 273. The van der Waals surface area contributed by atoms with Crippen LogP contribution in [-0.2, 0) is 9.53 Å². The minimum atomic E-state index is -0.289. The van der Waals surface area contributed by atoms with Crippen LogP contribution in [0, 0.1) is 5.92 Å². The minimum Gasteiger partial charge on any atom is -0.354 e. The lowest BCUT2D eigenvalue weighted by Crippen LogP contribution is -2.44. The number of epoxide rings is 1. The molecule has 0 spiro atoms. The SMILES string of the molecule is C[C@H]1CC[C@]23CCCC[C@]2(O3)C1=O. The molecule has 2 nitrogen and oxygen atoms in total. The number of hydrogen-bond acceptors (Lipinski definition) is 2. The lowest BCUT2D eigenvalue weighted by molar-refractivity contribution is -0.129. The van der Waals surface area contributed by atoms with Crippen molar-refractivity contribution in [1.29, 1.82) is 0 Å². The molecule has 0 aromatic rings. The average Bonchev–Trinajstić information content (AvgIpc) is 2.83. The Kier molecular flexibility index (Phi) is 1.33. The van der Waals surface area contributed by atoms with Crippen LogP contribution in [0.5, 0.6) is 0 Å². The molecule has 2 saturated carbocycles. The first-order valence-electron chi connectivity index (χ1n) is 5.45. The van der Waals surface area contributed by atoms with E-state index in [0.29, 0.717) is 5.78 Å². The molecular formula is C11H16O2. The fourth-order valence-corrected chi connectivity index (χ4v) is 3.38. The maximum atomic E-state index is 12.0. The molecule has 3 fully saturated rings. The topological polar surface area (TPSA) is 29.6 Å². The van der Waals surface area contributed by atoms with Gasteiger partial charge < -0.3 is 4.74 Å². The molecule has 3 rings (SSSR count). The lowest BCUT2D eigenvalue weighted by Gasteiger charge is -2.30. The van der Waals surface area contributed by atoms with Gasteiger partial charge in [0.2, 0.25) is 0 Å². The second-order valence-electron chi connectivity index (χ2n) is 4.93. The normalized spacial score (nSPS) is 53.9. The van der Waals surface area contributed by atoms with Crippen molar-refractivity contribution in [2.24, 2.45) is 5.92 Å². The molecule has 1 aliphatic heterocycles. The second kappa shape index (κ2) is 2.17. The highest BCUT2D eigenvalue weighted by molar-refractivity contribution is 5.94. The second-order valence-corrected chi connectivity index (χ2v) is 4.93. The van der Waals surface area contributed by atoms with Crippen molar-refractivity contribution in [3.05, 3.63) is 0 Å². The number of rotatable bonds is 0. The van der Waals surface area contributed by atoms with Crippen molar-refractivity contribution in [2.45, 2.75) is 56.7 Å². The third-order valence-corrected chi connectivity index (χ3v) is 4.25. The van der Waals surface area contributed by atoms with Gasteiger partial charge in [-0.2, -0.15) is 0 Å². The Morgan fingerprint density at radius 3 is 2.92 bits per heavy atom. The van der Waals surface area contributed by atoms with Gasteiger partial charge in [-0.25, -0.2) is 0 Å². The predicted molar refractivity (Wildman–Crippen MR) is 48.4 cm³/mol. The lowest BCUT2D eigenvalue weighted by atomic mass is 9.67. The quantitative estimate of drug-likeness (QED) is 0.534. The van der Waals surface area contributed by atoms with Gasteiger partial charge in [0.25, 0.3) is 0 Å². The molecule has 0 bridgehead atoms. The molecule has 2 aliphatic carbocycles. The summed E-state index contributed by atoms with van der Waals surface area (Å²) in [5.41, 5.74) is -0.266. The summed E-state index contributed by atoms with van der Waals surface area (Å²) in [6.45, 7) is 2.05. The number of carbonyl (C=O) groups excluding carboxylic acids is 1. The van der Waals surface area contributed by atoms with Crippen LogP contribution in [-0.4, -0.2) is 17.0 Å². The maximum absolute atomic E-state index is 12.0. The van der Waals surface area contributed by atoms with E-state index in [4.69, 9.17) is 4.74 Å². The van der Waals surface area contributed by atoms with Crippen LogP contribution in [0.3, 0.4) is 0 Å².